The predicted octanol–water partition coefficient (Wildman–Crippen LogP) is 2.36. The molecule has 1 aromatic carbocycles. The monoisotopic (exact) mass is 288 g/mol. The van der Waals surface area contributed by atoms with Crippen LogP contribution in [0.3, 0.4) is 0 Å². The van der Waals surface area contributed by atoms with Crippen molar-refractivity contribution in [1.82, 2.24) is 10.2 Å². The van der Waals surface area contributed by atoms with Crippen molar-refractivity contribution in [2.45, 2.75) is 44.7 Å². The number of carbonyl (C=O) groups excluding carboxylic acids is 1. The summed E-state index contributed by atoms with van der Waals surface area (Å²) in [5, 5.41) is 3.78. The molecular formula is C17H24N2O2. The standard InChI is InChI=1S/C17H24N2O2/c1-2-21-17(20)19-9-7-15(8-10-19)18-16-11-13-5-3-4-6-14(13)12-16/h3-6,15-16,18H,2,7-12H2,1H3. The molecule has 1 aliphatic heterocycles. The number of hydrogen-bond donors (Lipinski definition) is 1. The van der Waals surface area contributed by atoms with Gasteiger partial charge in [-0.05, 0) is 43.7 Å². The molecule has 21 heavy (non-hydrogen) atoms. The minimum atomic E-state index is -0.163. The Labute approximate surface area is 126 Å². The van der Waals surface area contributed by atoms with Crippen LogP contribution in [0, 0.1) is 0 Å². The van der Waals surface area contributed by atoms with Crippen LogP contribution in [-0.4, -0.2) is 42.8 Å². The van der Waals surface area contributed by atoms with Gasteiger partial charge in [-0.2, -0.15) is 0 Å². The zero-order valence-corrected chi connectivity index (χ0v) is 12.7. The molecule has 1 fully saturated rings. The van der Waals surface area contributed by atoms with Crippen molar-refractivity contribution in [3.05, 3.63) is 35.4 Å². The number of benzene rings is 1. The van der Waals surface area contributed by atoms with Crippen LogP contribution in [0.4, 0.5) is 4.79 Å². The Bertz CT molecular complexity index is 470. The number of amides is 1. The first-order chi connectivity index (χ1) is 10.3. The van der Waals surface area contributed by atoms with Gasteiger partial charge in [-0.1, -0.05) is 24.3 Å². The third-order valence-electron chi connectivity index (χ3n) is 4.54. The van der Waals surface area contributed by atoms with Gasteiger partial charge < -0.3 is 15.0 Å². The second-order valence-electron chi connectivity index (χ2n) is 6.00. The summed E-state index contributed by atoms with van der Waals surface area (Å²) in [5.41, 5.74) is 2.97. The first kappa shape index (κ1) is 14.4. The molecule has 0 unspecified atom stereocenters. The Morgan fingerprint density at radius 3 is 2.38 bits per heavy atom. The molecule has 0 bridgehead atoms. The molecule has 2 aliphatic rings. The van der Waals surface area contributed by atoms with E-state index in [9.17, 15) is 4.79 Å². The molecule has 4 heteroatoms. The Hall–Kier alpha value is -1.55. The average Bonchev–Trinajstić information content (AvgIpc) is 2.90. The van der Waals surface area contributed by atoms with Crippen molar-refractivity contribution in [1.29, 1.82) is 0 Å². The topological polar surface area (TPSA) is 41.6 Å². The predicted molar refractivity (Wildman–Crippen MR) is 82.4 cm³/mol. The van der Waals surface area contributed by atoms with E-state index >= 15 is 0 Å². The first-order valence-electron chi connectivity index (χ1n) is 8.00. The smallest absolute Gasteiger partial charge is 0.409 e. The van der Waals surface area contributed by atoms with E-state index < -0.39 is 0 Å². The number of nitrogens with one attached hydrogen (secondary N) is 1. The number of hydrogen-bond acceptors (Lipinski definition) is 3. The van der Waals surface area contributed by atoms with Gasteiger partial charge in [0.1, 0.15) is 0 Å². The molecule has 0 radical (unpaired) electrons. The van der Waals surface area contributed by atoms with Crippen molar-refractivity contribution in [3.63, 3.8) is 0 Å². The largest absolute Gasteiger partial charge is 0.450 e. The molecule has 1 aromatic rings. The van der Waals surface area contributed by atoms with Gasteiger partial charge in [0.25, 0.3) is 0 Å². The quantitative estimate of drug-likeness (QED) is 0.928. The average molecular weight is 288 g/mol. The van der Waals surface area contributed by atoms with Crippen molar-refractivity contribution in [2.75, 3.05) is 19.7 Å². The molecule has 3 rings (SSSR count). The second-order valence-corrected chi connectivity index (χ2v) is 6.00. The number of likely N-dealkylation sites (tertiary alicyclic amines) is 1. The summed E-state index contributed by atoms with van der Waals surface area (Å²) in [6.07, 6.45) is 4.14. The zero-order chi connectivity index (χ0) is 14.7. The fourth-order valence-electron chi connectivity index (χ4n) is 3.45. The van der Waals surface area contributed by atoms with Gasteiger partial charge in [0.15, 0.2) is 0 Å². The van der Waals surface area contributed by atoms with Gasteiger partial charge >= 0.3 is 6.09 Å². The first-order valence-corrected chi connectivity index (χ1v) is 8.00. The lowest BCUT2D eigenvalue weighted by molar-refractivity contribution is 0.0943. The summed E-state index contributed by atoms with van der Waals surface area (Å²) < 4.78 is 5.06. The van der Waals surface area contributed by atoms with Crippen LogP contribution in [0.15, 0.2) is 24.3 Å². The van der Waals surface area contributed by atoms with Gasteiger partial charge in [-0.15, -0.1) is 0 Å². The van der Waals surface area contributed by atoms with E-state index in [0.29, 0.717) is 18.7 Å². The lowest BCUT2D eigenvalue weighted by atomic mass is 10.0. The summed E-state index contributed by atoms with van der Waals surface area (Å²) in [4.78, 5) is 13.5. The maximum Gasteiger partial charge on any atom is 0.409 e. The molecule has 4 nitrogen and oxygen atoms in total. The molecular weight excluding hydrogens is 264 g/mol. The molecule has 0 atom stereocenters. The third kappa shape index (κ3) is 3.38. The van der Waals surface area contributed by atoms with Crippen molar-refractivity contribution in [2.24, 2.45) is 0 Å². The van der Waals surface area contributed by atoms with Gasteiger partial charge in [0, 0.05) is 25.2 Å². The SMILES string of the molecule is CCOC(=O)N1CCC(NC2Cc3ccccc3C2)CC1. The summed E-state index contributed by atoms with van der Waals surface area (Å²) >= 11 is 0. The summed E-state index contributed by atoms with van der Waals surface area (Å²) in [7, 11) is 0. The van der Waals surface area contributed by atoms with Crippen molar-refractivity contribution >= 4 is 6.09 Å². The lowest BCUT2D eigenvalue weighted by Crippen LogP contribution is -2.48. The molecule has 0 spiro atoms. The lowest BCUT2D eigenvalue weighted by Gasteiger charge is -2.33. The maximum absolute atomic E-state index is 11.7. The number of carbonyl (C=O) groups is 1. The van der Waals surface area contributed by atoms with Crippen LogP contribution in [0.5, 0.6) is 0 Å². The highest BCUT2D eigenvalue weighted by Crippen LogP contribution is 2.23. The highest BCUT2D eigenvalue weighted by atomic mass is 16.6. The zero-order valence-electron chi connectivity index (χ0n) is 12.7. The Morgan fingerprint density at radius 1 is 1.19 bits per heavy atom. The maximum atomic E-state index is 11.7. The number of rotatable bonds is 3. The van der Waals surface area contributed by atoms with Gasteiger partial charge in [-0.3, -0.25) is 0 Å². The summed E-state index contributed by atoms with van der Waals surface area (Å²) in [5.74, 6) is 0. The fraction of sp³-hybridized carbons (Fsp3) is 0.588. The summed E-state index contributed by atoms with van der Waals surface area (Å²) in [6, 6.07) is 9.80. The van der Waals surface area contributed by atoms with Crippen molar-refractivity contribution < 1.29 is 9.53 Å². The molecule has 1 heterocycles. The van der Waals surface area contributed by atoms with Crippen LogP contribution in [0.25, 0.3) is 0 Å². The minimum absolute atomic E-state index is 0.163. The molecule has 0 saturated carbocycles. The van der Waals surface area contributed by atoms with Crippen molar-refractivity contribution in [3.8, 4) is 0 Å². The number of fused-ring (bicyclic) bond motifs is 1. The van der Waals surface area contributed by atoms with Crippen LogP contribution >= 0.6 is 0 Å². The normalized spacial score (nSPS) is 19.6. The van der Waals surface area contributed by atoms with Crippen LogP contribution in [0.2, 0.25) is 0 Å². The van der Waals surface area contributed by atoms with Gasteiger partial charge in [0.2, 0.25) is 0 Å². The second kappa shape index (κ2) is 6.48. The molecule has 1 saturated heterocycles. The van der Waals surface area contributed by atoms with E-state index in [1.165, 1.54) is 11.1 Å². The highest BCUT2D eigenvalue weighted by Gasteiger charge is 2.27. The molecule has 1 N–H and O–H groups in total. The van der Waals surface area contributed by atoms with Gasteiger partial charge in [-0.25, -0.2) is 4.79 Å². The molecule has 1 aliphatic carbocycles. The van der Waals surface area contributed by atoms with Gasteiger partial charge in [0.05, 0.1) is 6.61 Å². The summed E-state index contributed by atoms with van der Waals surface area (Å²) in [6.45, 7) is 3.91. The Morgan fingerprint density at radius 2 is 1.81 bits per heavy atom. The van der Waals surface area contributed by atoms with Crippen LogP contribution in [0.1, 0.15) is 30.9 Å². The molecule has 1 amide bonds. The third-order valence-corrected chi connectivity index (χ3v) is 4.54. The van der Waals surface area contributed by atoms with E-state index in [-0.39, 0.29) is 6.09 Å². The van der Waals surface area contributed by atoms with E-state index in [0.717, 1.165) is 38.8 Å². The molecule has 0 aromatic heterocycles. The Balaban J connectivity index is 1.46. The van der Waals surface area contributed by atoms with E-state index in [1.807, 2.05) is 11.8 Å². The number of ether oxygens (including phenoxy) is 1. The number of piperidine rings is 1. The van der Waals surface area contributed by atoms with E-state index in [4.69, 9.17) is 4.74 Å². The number of nitrogens with zero attached hydrogens (tertiary/aromatic N) is 1. The van der Waals surface area contributed by atoms with Crippen LogP contribution < -0.4 is 5.32 Å². The Kier molecular flexibility index (Phi) is 4.44. The van der Waals surface area contributed by atoms with E-state index in [1.54, 1.807) is 0 Å². The molecule has 114 valence electrons. The minimum Gasteiger partial charge on any atom is -0.450 e. The highest BCUT2D eigenvalue weighted by molar-refractivity contribution is 5.67. The fourth-order valence-corrected chi connectivity index (χ4v) is 3.45. The van der Waals surface area contributed by atoms with Crippen LogP contribution in [-0.2, 0) is 17.6 Å². The van der Waals surface area contributed by atoms with E-state index in [2.05, 4.69) is 29.6 Å².